The first-order valence-corrected chi connectivity index (χ1v) is 8.90. The summed E-state index contributed by atoms with van der Waals surface area (Å²) in [7, 11) is 1.63. The number of nitriles is 1. The number of hydrogen-bond donors (Lipinski definition) is 0. The van der Waals surface area contributed by atoms with Crippen molar-refractivity contribution in [2.24, 2.45) is 0 Å². The van der Waals surface area contributed by atoms with E-state index in [0.717, 1.165) is 17.7 Å². The van der Waals surface area contributed by atoms with E-state index in [2.05, 4.69) is 24.4 Å². The number of anilines is 1. The molecule has 0 N–H and O–H groups in total. The van der Waals surface area contributed by atoms with Gasteiger partial charge in [0.25, 0.3) is 5.91 Å². The van der Waals surface area contributed by atoms with Crippen molar-refractivity contribution in [2.75, 3.05) is 25.1 Å². The van der Waals surface area contributed by atoms with Crippen LogP contribution in [0.25, 0.3) is 11.1 Å². The van der Waals surface area contributed by atoms with Crippen LogP contribution in [0.15, 0.2) is 48.5 Å². The van der Waals surface area contributed by atoms with Crippen LogP contribution in [0.4, 0.5) is 5.69 Å². The Hall–Kier alpha value is -2.84. The van der Waals surface area contributed by atoms with Gasteiger partial charge >= 0.3 is 0 Å². The van der Waals surface area contributed by atoms with Crippen LogP contribution in [0.5, 0.6) is 0 Å². The first-order valence-electron chi connectivity index (χ1n) is 8.90. The minimum absolute atomic E-state index is 0.00457. The van der Waals surface area contributed by atoms with E-state index in [1.54, 1.807) is 12.0 Å². The molecule has 2 unspecified atom stereocenters. The van der Waals surface area contributed by atoms with Crippen molar-refractivity contribution in [3.63, 3.8) is 0 Å². The molecule has 2 aliphatic rings. The molecule has 4 rings (SSSR count). The monoisotopic (exact) mass is 347 g/mol. The van der Waals surface area contributed by atoms with Gasteiger partial charge in [0.2, 0.25) is 0 Å². The summed E-state index contributed by atoms with van der Waals surface area (Å²) >= 11 is 0. The third-order valence-corrected chi connectivity index (χ3v) is 5.39. The number of fused-ring (bicyclic) bond motifs is 1. The van der Waals surface area contributed by atoms with Gasteiger partial charge in [-0.25, -0.2) is 0 Å². The molecule has 5 heteroatoms. The Morgan fingerprint density at radius 2 is 2.00 bits per heavy atom. The van der Waals surface area contributed by atoms with Gasteiger partial charge in [0, 0.05) is 25.8 Å². The first kappa shape index (κ1) is 16.6. The molecule has 0 aliphatic carbocycles. The summed E-state index contributed by atoms with van der Waals surface area (Å²) in [6, 6.07) is 15.9. The van der Waals surface area contributed by atoms with Gasteiger partial charge in [0.05, 0.1) is 12.6 Å². The molecule has 26 heavy (non-hydrogen) atoms. The maximum Gasteiger partial charge on any atom is 0.250 e. The van der Waals surface area contributed by atoms with Gasteiger partial charge in [-0.15, -0.1) is 0 Å². The molecule has 1 fully saturated rings. The van der Waals surface area contributed by atoms with Crippen LogP contribution in [0, 0.1) is 11.5 Å². The van der Waals surface area contributed by atoms with Crippen LogP contribution in [0.1, 0.15) is 12.0 Å². The Balaban J connectivity index is 1.65. The van der Waals surface area contributed by atoms with Gasteiger partial charge in [0.15, 0.2) is 6.19 Å². The molecule has 0 aromatic heterocycles. The van der Waals surface area contributed by atoms with Crippen LogP contribution < -0.4 is 4.90 Å². The summed E-state index contributed by atoms with van der Waals surface area (Å²) < 4.78 is 5.37. The normalized spacial score (nSPS) is 21.5. The minimum atomic E-state index is -0.434. The van der Waals surface area contributed by atoms with E-state index in [-0.39, 0.29) is 12.0 Å². The molecular formula is C21H21N3O2. The molecule has 2 heterocycles. The average molecular weight is 347 g/mol. The number of amides is 1. The number of carbonyl (C=O) groups excluding carboxylic acids is 1. The second kappa shape index (κ2) is 6.81. The summed E-state index contributed by atoms with van der Waals surface area (Å²) in [6.07, 6.45) is 3.48. The number of benzene rings is 2. The summed E-state index contributed by atoms with van der Waals surface area (Å²) in [5.74, 6) is -0.00457. The quantitative estimate of drug-likeness (QED) is 0.801. The molecule has 132 valence electrons. The molecule has 0 spiro atoms. The standard InChI is InChI=1S/C21H21N3O2/c1-26-16-12-20(23(13-16)14-22)21(25)24-11-10-18-17(8-5-9-19(18)24)15-6-3-2-4-7-15/h2-9,16,20H,10-13H2,1H3. The highest BCUT2D eigenvalue weighted by Crippen LogP contribution is 2.37. The number of hydrogen-bond acceptors (Lipinski definition) is 4. The Kier molecular flexibility index (Phi) is 4.36. The highest BCUT2D eigenvalue weighted by atomic mass is 16.5. The van der Waals surface area contributed by atoms with Gasteiger partial charge in [-0.05, 0) is 29.2 Å². The number of carbonyl (C=O) groups is 1. The lowest BCUT2D eigenvalue weighted by atomic mass is 9.98. The summed E-state index contributed by atoms with van der Waals surface area (Å²) in [5, 5.41) is 9.38. The third-order valence-electron chi connectivity index (χ3n) is 5.39. The van der Waals surface area contributed by atoms with Crippen molar-refractivity contribution in [3.8, 4) is 17.3 Å². The first-order chi connectivity index (χ1) is 12.7. The van der Waals surface area contributed by atoms with Crippen LogP contribution in [-0.4, -0.2) is 43.2 Å². The number of nitrogens with zero attached hydrogens (tertiary/aromatic N) is 3. The van der Waals surface area contributed by atoms with Crippen LogP contribution >= 0.6 is 0 Å². The average Bonchev–Trinajstić information content (AvgIpc) is 3.32. The topological polar surface area (TPSA) is 56.6 Å². The predicted molar refractivity (Wildman–Crippen MR) is 99.5 cm³/mol. The van der Waals surface area contributed by atoms with Crippen molar-refractivity contribution in [1.29, 1.82) is 5.26 Å². The zero-order valence-corrected chi connectivity index (χ0v) is 14.8. The lowest BCUT2D eigenvalue weighted by Gasteiger charge is -2.24. The zero-order valence-electron chi connectivity index (χ0n) is 14.8. The lowest BCUT2D eigenvalue weighted by Crippen LogP contribution is -2.43. The molecule has 2 atom stereocenters. The Bertz CT molecular complexity index is 859. The fourth-order valence-corrected chi connectivity index (χ4v) is 4.04. The van der Waals surface area contributed by atoms with Gasteiger partial charge < -0.3 is 9.64 Å². The van der Waals surface area contributed by atoms with Crippen molar-refractivity contribution < 1.29 is 9.53 Å². The molecule has 0 radical (unpaired) electrons. The number of methoxy groups -OCH3 is 1. The molecule has 0 saturated carbocycles. The minimum Gasteiger partial charge on any atom is -0.379 e. The highest BCUT2D eigenvalue weighted by Gasteiger charge is 2.40. The van der Waals surface area contributed by atoms with Gasteiger partial charge in [-0.2, -0.15) is 5.26 Å². The number of rotatable bonds is 3. The van der Waals surface area contributed by atoms with Crippen LogP contribution in [0.2, 0.25) is 0 Å². The Morgan fingerprint density at radius 3 is 2.73 bits per heavy atom. The van der Waals surface area contributed by atoms with Crippen molar-refractivity contribution in [3.05, 3.63) is 54.1 Å². The second-order valence-corrected chi connectivity index (χ2v) is 6.77. The molecular weight excluding hydrogens is 326 g/mol. The highest BCUT2D eigenvalue weighted by molar-refractivity contribution is 6.00. The van der Waals surface area contributed by atoms with Crippen molar-refractivity contribution in [2.45, 2.75) is 25.0 Å². The Labute approximate surface area is 153 Å². The summed E-state index contributed by atoms with van der Waals surface area (Å²) in [6.45, 7) is 1.14. The maximum absolute atomic E-state index is 13.2. The molecule has 1 saturated heterocycles. The summed E-state index contributed by atoms with van der Waals surface area (Å²) in [4.78, 5) is 16.6. The molecule has 2 aromatic carbocycles. The van der Waals surface area contributed by atoms with E-state index < -0.39 is 6.04 Å². The van der Waals surface area contributed by atoms with E-state index in [1.165, 1.54) is 11.1 Å². The molecule has 1 amide bonds. The van der Waals surface area contributed by atoms with Crippen molar-refractivity contribution in [1.82, 2.24) is 4.90 Å². The van der Waals surface area contributed by atoms with Crippen LogP contribution in [0.3, 0.4) is 0 Å². The van der Waals surface area contributed by atoms with Crippen molar-refractivity contribution >= 4 is 11.6 Å². The molecule has 2 aromatic rings. The van der Waals surface area contributed by atoms with E-state index in [9.17, 15) is 10.1 Å². The fourth-order valence-electron chi connectivity index (χ4n) is 4.04. The Morgan fingerprint density at radius 1 is 1.19 bits per heavy atom. The number of likely N-dealkylation sites (tertiary alicyclic amines) is 1. The fraction of sp³-hybridized carbons (Fsp3) is 0.333. The van der Waals surface area contributed by atoms with E-state index in [0.29, 0.717) is 19.5 Å². The number of ether oxygens (including phenoxy) is 1. The summed E-state index contributed by atoms with van der Waals surface area (Å²) in [5.41, 5.74) is 4.52. The zero-order chi connectivity index (χ0) is 18.1. The lowest BCUT2D eigenvalue weighted by molar-refractivity contribution is -0.122. The van der Waals surface area contributed by atoms with E-state index in [4.69, 9.17) is 4.74 Å². The van der Waals surface area contributed by atoms with Gasteiger partial charge in [0.1, 0.15) is 6.04 Å². The SMILES string of the molecule is COC1CC(C(=O)N2CCc3c(-c4ccccc4)cccc32)N(C#N)C1. The van der Waals surface area contributed by atoms with E-state index in [1.807, 2.05) is 35.2 Å². The molecule has 2 aliphatic heterocycles. The van der Waals surface area contributed by atoms with E-state index >= 15 is 0 Å². The second-order valence-electron chi connectivity index (χ2n) is 6.77. The molecule has 5 nitrogen and oxygen atoms in total. The van der Waals surface area contributed by atoms with Gasteiger partial charge in [-0.1, -0.05) is 42.5 Å². The maximum atomic E-state index is 13.2. The van der Waals surface area contributed by atoms with Gasteiger partial charge in [-0.3, -0.25) is 9.69 Å². The van der Waals surface area contributed by atoms with Crippen LogP contribution in [-0.2, 0) is 16.0 Å². The third kappa shape index (κ3) is 2.73. The largest absolute Gasteiger partial charge is 0.379 e. The predicted octanol–water partition coefficient (Wildman–Crippen LogP) is 2.81. The molecule has 0 bridgehead atoms. The smallest absolute Gasteiger partial charge is 0.250 e.